The Morgan fingerprint density at radius 1 is 1.04 bits per heavy atom. The molecule has 0 bridgehead atoms. The van der Waals surface area contributed by atoms with Gasteiger partial charge in [-0.2, -0.15) is 5.10 Å². The standard InChI is InChI=1S/C24H23N3O/c1-17-8-10-19(11-9-17)16-27-23-14-21(12-13-22(23)15-25-27)24(28)26-18(2)20-6-4-3-5-7-20/h3-15,18H,16H2,1-2H3,(H,26,28)/t18-/m0/s1. The first kappa shape index (κ1) is 18.0. The quantitative estimate of drug-likeness (QED) is 0.545. The van der Waals surface area contributed by atoms with Crippen LogP contribution in [0.25, 0.3) is 10.9 Å². The van der Waals surface area contributed by atoms with Crippen molar-refractivity contribution in [2.75, 3.05) is 0 Å². The molecule has 1 aromatic heterocycles. The van der Waals surface area contributed by atoms with Gasteiger partial charge in [-0.1, -0.05) is 66.2 Å². The first-order valence-corrected chi connectivity index (χ1v) is 9.47. The maximum absolute atomic E-state index is 12.8. The molecule has 4 nitrogen and oxygen atoms in total. The van der Waals surface area contributed by atoms with E-state index in [4.69, 9.17) is 0 Å². The molecule has 0 unspecified atom stereocenters. The Morgan fingerprint density at radius 2 is 1.79 bits per heavy atom. The lowest BCUT2D eigenvalue weighted by Crippen LogP contribution is -2.26. The summed E-state index contributed by atoms with van der Waals surface area (Å²) in [4.78, 5) is 12.8. The summed E-state index contributed by atoms with van der Waals surface area (Å²) in [5.41, 5.74) is 5.10. The molecule has 1 atom stereocenters. The third kappa shape index (κ3) is 3.81. The van der Waals surface area contributed by atoms with Crippen LogP contribution in [0, 0.1) is 6.92 Å². The second kappa shape index (κ2) is 7.69. The van der Waals surface area contributed by atoms with E-state index >= 15 is 0 Å². The van der Waals surface area contributed by atoms with Crippen LogP contribution in [0.2, 0.25) is 0 Å². The molecule has 0 aliphatic rings. The lowest BCUT2D eigenvalue weighted by Gasteiger charge is -2.14. The molecule has 0 spiro atoms. The molecule has 0 aliphatic heterocycles. The van der Waals surface area contributed by atoms with Gasteiger partial charge in [0.1, 0.15) is 0 Å². The minimum atomic E-state index is -0.0821. The Labute approximate surface area is 164 Å². The maximum atomic E-state index is 12.8. The topological polar surface area (TPSA) is 46.9 Å². The van der Waals surface area contributed by atoms with Gasteiger partial charge in [-0.3, -0.25) is 9.48 Å². The van der Waals surface area contributed by atoms with Gasteiger partial charge in [-0.15, -0.1) is 0 Å². The van der Waals surface area contributed by atoms with Crippen LogP contribution in [0.3, 0.4) is 0 Å². The van der Waals surface area contributed by atoms with Crippen molar-refractivity contribution in [3.8, 4) is 0 Å². The van der Waals surface area contributed by atoms with Gasteiger partial charge in [0.15, 0.2) is 0 Å². The molecule has 0 radical (unpaired) electrons. The van der Waals surface area contributed by atoms with Crippen molar-refractivity contribution in [3.05, 3.63) is 101 Å². The van der Waals surface area contributed by atoms with Gasteiger partial charge in [-0.25, -0.2) is 0 Å². The number of aromatic nitrogens is 2. The summed E-state index contributed by atoms with van der Waals surface area (Å²) < 4.78 is 1.94. The lowest BCUT2D eigenvalue weighted by atomic mass is 10.1. The molecule has 0 aliphatic carbocycles. The zero-order valence-electron chi connectivity index (χ0n) is 16.1. The zero-order valence-corrected chi connectivity index (χ0v) is 16.1. The molecular formula is C24H23N3O. The first-order chi connectivity index (χ1) is 13.6. The predicted octanol–water partition coefficient (Wildman–Crippen LogP) is 4.88. The van der Waals surface area contributed by atoms with E-state index in [0.29, 0.717) is 12.1 Å². The summed E-state index contributed by atoms with van der Waals surface area (Å²) in [5.74, 6) is -0.0821. The maximum Gasteiger partial charge on any atom is 0.251 e. The normalized spacial score (nSPS) is 12.1. The fraction of sp³-hybridized carbons (Fsp3) is 0.167. The number of carbonyl (C=O) groups is 1. The van der Waals surface area contributed by atoms with Crippen molar-refractivity contribution in [2.45, 2.75) is 26.4 Å². The average Bonchev–Trinajstić information content (AvgIpc) is 3.12. The number of rotatable bonds is 5. The fourth-order valence-electron chi connectivity index (χ4n) is 3.31. The molecule has 4 heteroatoms. The van der Waals surface area contributed by atoms with Crippen molar-refractivity contribution < 1.29 is 4.79 Å². The molecular weight excluding hydrogens is 346 g/mol. The molecule has 1 N–H and O–H groups in total. The minimum Gasteiger partial charge on any atom is -0.346 e. The van der Waals surface area contributed by atoms with Gasteiger partial charge in [0.05, 0.1) is 24.3 Å². The van der Waals surface area contributed by atoms with Gasteiger partial charge in [0.25, 0.3) is 5.91 Å². The first-order valence-electron chi connectivity index (χ1n) is 9.47. The van der Waals surface area contributed by atoms with Crippen LogP contribution in [-0.4, -0.2) is 15.7 Å². The molecule has 1 amide bonds. The fourth-order valence-corrected chi connectivity index (χ4v) is 3.31. The molecule has 140 valence electrons. The van der Waals surface area contributed by atoms with E-state index in [1.807, 2.05) is 66.3 Å². The van der Waals surface area contributed by atoms with E-state index in [1.165, 1.54) is 11.1 Å². The predicted molar refractivity (Wildman–Crippen MR) is 112 cm³/mol. The van der Waals surface area contributed by atoms with Crippen LogP contribution >= 0.6 is 0 Å². The lowest BCUT2D eigenvalue weighted by molar-refractivity contribution is 0.0940. The summed E-state index contributed by atoms with van der Waals surface area (Å²) in [7, 11) is 0. The summed E-state index contributed by atoms with van der Waals surface area (Å²) in [6, 6.07) is 24.1. The van der Waals surface area contributed by atoms with Crippen LogP contribution in [0.4, 0.5) is 0 Å². The molecule has 4 rings (SSSR count). The highest BCUT2D eigenvalue weighted by atomic mass is 16.1. The Hall–Kier alpha value is -3.40. The van der Waals surface area contributed by atoms with Crippen molar-refractivity contribution in [1.82, 2.24) is 15.1 Å². The molecule has 3 aromatic carbocycles. The Kier molecular flexibility index (Phi) is 4.94. The van der Waals surface area contributed by atoms with E-state index < -0.39 is 0 Å². The van der Waals surface area contributed by atoms with Crippen molar-refractivity contribution in [2.24, 2.45) is 0 Å². The van der Waals surface area contributed by atoms with Crippen molar-refractivity contribution in [1.29, 1.82) is 0 Å². The van der Waals surface area contributed by atoms with E-state index in [9.17, 15) is 4.79 Å². The SMILES string of the molecule is Cc1ccc(Cn2ncc3ccc(C(=O)N[C@@H](C)c4ccccc4)cc32)cc1. The third-order valence-corrected chi connectivity index (χ3v) is 5.01. The van der Waals surface area contributed by atoms with E-state index in [0.717, 1.165) is 16.5 Å². The van der Waals surface area contributed by atoms with Crippen molar-refractivity contribution in [3.63, 3.8) is 0 Å². The second-order valence-electron chi connectivity index (χ2n) is 7.17. The van der Waals surface area contributed by atoms with Crippen LogP contribution in [0.15, 0.2) is 79.0 Å². The second-order valence-corrected chi connectivity index (χ2v) is 7.17. The summed E-state index contributed by atoms with van der Waals surface area (Å²) in [5, 5.41) is 8.61. The van der Waals surface area contributed by atoms with Crippen LogP contribution in [-0.2, 0) is 6.54 Å². The highest BCUT2D eigenvalue weighted by Gasteiger charge is 2.13. The third-order valence-electron chi connectivity index (χ3n) is 5.01. The van der Waals surface area contributed by atoms with Crippen molar-refractivity contribution >= 4 is 16.8 Å². The Morgan fingerprint density at radius 3 is 2.54 bits per heavy atom. The number of aryl methyl sites for hydroxylation is 1. The van der Waals surface area contributed by atoms with E-state index in [2.05, 4.69) is 41.6 Å². The number of carbonyl (C=O) groups excluding carboxylic acids is 1. The number of nitrogens with one attached hydrogen (secondary N) is 1. The molecule has 1 heterocycles. The van der Waals surface area contributed by atoms with Gasteiger partial charge in [-0.05, 0) is 37.1 Å². The monoisotopic (exact) mass is 369 g/mol. The molecule has 0 saturated heterocycles. The van der Waals surface area contributed by atoms with Crippen LogP contribution in [0.1, 0.15) is 40.0 Å². The number of hydrogen-bond donors (Lipinski definition) is 1. The minimum absolute atomic E-state index is 0.0538. The van der Waals surface area contributed by atoms with Gasteiger partial charge >= 0.3 is 0 Å². The summed E-state index contributed by atoms with van der Waals surface area (Å²) in [6.45, 7) is 4.75. The molecule has 0 fully saturated rings. The highest BCUT2D eigenvalue weighted by molar-refractivity contribution is 5.98. The number of hydrogen-bond acceptors (Lipinski definition) is 2. The largest absolute Gasteiger partial charge is 0.346 e. The van der Waals surface area contributed by atoms with Crippen LogP contribution in [0.5, 0.6) is 0 Å². The van der Waals surface area contributed by atoms with Crippen LogP contribution < -0.4 is 5.32 Å². The Balaban J connectivity index is 1.56. The number of benzene rings is 3. The van der Waals surface area contributed by atoms with E-state index in [1.54, 1.807) is 0 Å². The smallest absolute Gasteiger partial charge is 0.251 e. The number of fused-ring (bicyclic) bond motifs is 1. The number of nitrogens with zero attached hydrogens (tertiary/aromatic N) is 2. The average molecular weight is 369 g/mol. The molecule has 0 saturated carbocycles. The van der Waals surface area contributed by atoms with Gasteiger partial charge in [0, 0.05) is 10.9 Å². The Bertz CT molecular complexity index is 1100. The molecule has 4 aromatic rings. The van der Waals surface area contributed by atoms with E-state index in [-0.39, 0.29) is 11.9 Å². The van der Waals surface area contributed by atoms with Gasteiger partial charge < -0.3 is 5.32 Å². The summed E-state index contributed by atoms with van der Waals surface area (Å²) >= 11 is 0. The molecule has 28 heavy (non-hydrogen) atoms. The van der Waals surface area contributed by atoms with Gasteiger partial charge in [0.2, 0.25) is 0 Å². The summed E-state index contributed by atoms with van der Waals surface area (Å²) in [6.07, 6.45) is 1.85. The number of amides is 1. The highest BCUT2D eigenvalue weighted by Crippen LogP contribution is 2.19. The zero-order chi connectivity index (χ0) is 19.5.